The number of hydrogen-bond acceptors (Lipinski definition) is 3. The van der Waals surface area contributed by atoms with Gasteiger partial charge in [0.2, 0.25) is 5.91 Å². The molecular weight excluding hydrogens is 269 g/mol. The molecule has 1 atom stereocenters. The van der Waals surface area contributed by atoms with Crippen LogP contribution in [-0.2, 0) is 11.2 Å². The maximum atomic E-state index is 13.3. The molecule has 1 aromatic carbocycles. The first-order valence-corrected chi connectivity index (χ1v) is 7.48. The molecule has 0 saturated heterocycles. The summed E-state index contributed by atoms with van der Waals surface area (Å²) in [6, 6.07) is 5.01. The zero-order chi connectivity index (χ0) is 15.5. The van der Waals surface area contributed by atoms with Gasteiger partial charge in [0.15, 0.2) is 0 Å². The summed E-state index contributed by atoms with van der Waals surface area (Å²) >= 11 is 0. The monoisotopic (exact) mass is 293 g/mol. The van der Waals surface area contributed by atoms with E-state index in [0.29, 0.717) is 6.42 Å². The van der Waals surface area contributed by atoms with E-state index in [1.54, 1.807) is 13.1 Å². The fourth-order valence-electron chi connectivity index (χ4n) is 2.80. The van der Waals surface area contributed by atoms with Crippen molar-refractivity contribution in [1.29, 1.82) is 0 Å². The number of primary amides is 1. The van der Waals surface area contributed by atoms with E-state index in [2.05, 4.69) is 10.2 Å². The van der Waals surface area contributed by atoms with Crippen molar-refractivity contribution in [2.45, 2.75) is 38.1 Å². The quantitative estimate of drug-likeness (QED) is 0.754. The molecule has 0 radical (unpaired) electrons. The molecule has 0 fully saturated rings. The van der Waals surface area contributed by atoms with Gasteiger partial charge in [0.05, 0.1) is 5.54 Å². The molecule has 1 aromatic rings. The average Bonchev–Trinajstić information content (AvgIpc) is 2.85. The van der Waals surface area contributed by atoms with Crippen molar-refractivity contribution in [2.24, 2.45) is 5.73 Å². The average molecular weight is 293 g/mol. The lowest BCUT2D eigenvalue weighted by Gasteiger charge is -2.26. The minimum atomic E-state index is -0.644. The molecular formula is C16H24FN3O. The fraction of sp³-hybridized carbons (Fsp3) is 0.562. The lowest BCUT2D eigenvalue weighted by Crippen LogP contribution is -2.51. The predicted octanol–water partition coefficient (Wildman–Crippen LogP) is 1.82. The van der Waals surface area contributed by atoms with Gasteiger partial charge in [-0.1, -0.05) is 6.07 Å². The molecule has 0 aromatic heterocycles. The van der Waals surface area contributed by atoms with Crippen LogP contribution in [0, 0.1) is 5.82 Å². The number of anilines is 1. The van der Waals surface area contributed by atoms with Crippen LogP contribution in [0.15, 0.2) is 18.2 Å². The van der Waals surface area contributed by atoms with Gasteiger partial charge >= 0.3 is 0 Å². The number of amides is 1. The molecule has 1 unspecified atom stereocenters. The molecule has 0 aliphatic carbocycles. The van der Waals surface area contributed by atoms with Crippen LogP contribution in [0.1, 0.15) is 31.7 Å². The van der Waals surface area contributed by atoms with Crippen molar-refractivity contribution in [3.05, 3.63) is 29.6 Å². The highest BCUT2D eigenvalue weighted by molar-refractivity contribution is 5.84. The van der Waals surface area contributed by atoms with Crippen molar-refractivity contribution in [1.82, 2.24) is 5.32 Å². The molecule has 1 aliphatic heterocycles. The lowest BCUT2D eigenvalue weighted by molar-refractivity contribution is -0.123. The number of nitrogens with two attached hydrogens (primary N) is 1. The zero-order valence-corrected chi connectivity index (χ0v) is 12.8. The smallest absolute Gasteiger partial charge is 0.237 e. The first kappa shape index (κ1) is 15.8. The van der Waals surface area contributed by atoms with Crippen molar-refractivity contribution < 1.29 is 9.18 Å². The van der Waals surface area contributed by atoms with Gasteiger partial charge < -0.3 is 16.0 Å². The molecule has 0 bridgehead atoms. The molecule has 3 N–H and O–H groups in total. The van der Waals surface area contributed by atoms with E-state index in [1.807, 2.05) is 13.0 Å². The van der Waals surface area contributed by atoms with Crippen LogP contribution in [0.2, 0.25) is 0 Å². The molecule has 0 spiro atoms. The van der Waals surface area contributed by atoms with Gasteiger partial charge in [-0.25, -0.2) is 4.39 Å². The van der Waals surface area contributed by atoms with Crippen molar-refractivity contribution in [2.75, 3.05) is 25.0 Å². The number of likely N-dealkylation sites (N-methyl/N-ethyl adjacent to an activating group) is 1. The zero-order valence-electron chi connectivity index (χ0n) is 12.8. The maximum Gasteiger partial charge on any atom is 0.237 e. The Bertz CT molecular complexity index is 520. The van der Waals surface area contributed by atoms with Gasteiger partial charge in [0.25, 0.3) is 0 Å². The van der Waals surface area contributed by atoms with E-state index < -0.39 is 5.54 Å². The molecule has 116 valence electrons. The summed E-state index contributed by atoms with van der Waals surface area (Å²) in [6.45, 7) is 3.66. The minimum Gasteiger partial charge on any atom is -0.371 e. The highest BCUT2D eigenvalue weighted by atomic mass is 19.1. The maximum absolute atomic E-state index is 13.3. The number of carbonyl (C=O) groups excluding carboxylic acids is 1. The summed E-state index contributed by atoms with van der Waals surface area (Å²) < 4.78 is 13.3. The lowest BCUT2D eigenvalue weighted by atomic mass is 9.94. The molecule has 1 aliphatic rings. The molecule has 4 nitrogen and oxygen atoms in total. The van der Waals surface area contributed by atoms with E-state index in [-0.39, 0.29) is 11.7 Å². The summed E-state index contributed by atoms with van der Waals surface area (Å²) in [5.41, 5.74) is 7.00. The highest BCUT2D eigenvalue weighted by Gasteiger charge is 2.28. The first-order valence-electron chi connectivity index (χ1n) is 7.48. The Morgan fingerprint density at radius 2 is 2.24 bits per heavy atom. The van der Waals surface area contributed by atoms with E-state index in [4.69, 9.17) is 5.73 Å². The third-order valence-electron chi connectivity index (χ3n) is 4.49. The topological polar surface area (TPSA) is 58.4 Å². The molecule has 21 heavy (non-hydrogen) atoms. The second-order valence-electron chi connectivity index (χ2n) is 5.91. The Kier molecular flexibility index (Phi) is 4.83. The summed E-state index contributed by atoms with van der Waals surface area (Å²) in [5, 5.41) is 2.99. The number of carbonyl (C=O) groups is 1. The number of nitrogens with one attached hydrogen (secondary N) is 1. The number of hydrogen-bond donors (Lipinski definition) is 2. The predicted molar refractivity (Wildman–Crippen MR) is 82.8 cm³/mol. The molecule has 0 saturated carbocycles. The Morgan fingerprint density at radius 3 is 2.90 bits per heavy atom. The van der Waals surface area contributed by atoms with Crippen LogP contribution in [0.25, 0.3) is 0 Å². The van der Waals surface area contributed by atoms with Gasteiger partial charge in [-0.2, -0.15) is 0 Å². The van der Waals surface area contributed by atoms with Crippen molar-refractivity contribution >= 4 is 11.6 Å². The molecule has 1 heterocycles. The van der Waals surface area contributed by atoms with Crippen LogP contribution >= 0.6 is 0 Å². The van der Waals surface area contributed by atoms with Crippen LogP contribution < -0.4 is 16.0 Å². The number of halogens is 1. The number of fused-ring (bicyclic) bond motifs is 1. The molecule has 2 rings (SSSR count). The highest BCUT2D eigenvalue weighted by Crippen LogP contribution is 2.29. The second-order valence-corrected chi connectivity index (χ2v) is 5.91. The van der Waals surface area contributed by atoms with Crippen molar-refractivity contribution in [3.8, 4) is 0 Å². The van der Waals surface area contributed by atoms with Gasteiger partial charge in [0, 0.05) is 18.8 Å². The van der Waals surface area contributed by atoms with E-state index in [0.717, 1.165) is 38.0 Å². The normalized spacial score (nSPS) is 16.6. The van der Waals surface area contributed by atoms with Crippen LogP contribution in [0.5, 0.6) is 0 Å². The summed E-state index contributed by atoms with van der Waals surface area (Å²) in [7, 11) is 1.75. The van der Waals surface area contributed by atoms with Gasteiger partial charge in [-0.15, -0.1) is 0 Å². The van der Waals surface area contributed by atoms with E-state index in [1.165, 1.54) is 11.6 Å². The number of unbranched alkanes of at least 4 members (excludes halogenated alkanes) is 1. The molecule has 1 amide bonds. The standard InChI is InChI=1S/C16H24FN3O/c1-16(19-2,15(18)21)8-3-4-9-20-10-7-12-5-6-13(17)11-14(12)20/h5-6,11,19H,3-4,7-10H2,1-2H3,(H2,18,21). The SMILES string of the molecule is CNC(C)(CCCCN1CCc2ccc(F)cc21)C(N)=O. The second kappa shape index (κ2) is 6.43. The van der Waals surface area contributed by atoms with Crippen LogP contribution in [-0.4, -0.2) is 31.6 Å². The fourth-order valence-corrected chi connectivity index (χ4v) is 2.80. The largest absolute Gasteiger partial charge is 0.371 e. The van der Waals surface area contributed by atoms with Crippen LogP contribution in [0.3, 0.4) is 0 Å². The van der Waals surface area contributed by atoms with Crippen molar-refractivity contribution in [3.63, 3.8) is 0 Å². The Hall–Kier alpha value is -1.62. The number of nitrogens with zero attached hydrogens (tertiary/aromatic N) is 1. The van der Waals surface area contributed by atoms with Crippen LogP contribution in [0.4, 0.5) is 10.1 Å². The Morgan fingerprint density at radius 1 is 1.48 bits per heavy atom. The van der Waals surface area contributed by atoms with E-state index in [9.17, 15) is 9.18 Å². The van der Waals surface area contributed by atoms with E-state index >= 15 is 0 Å². The minimum absolute atomic E-state index is 0.183. The van der Waals surface area contributed by atoms with Gasteiger partial charge in [-0.3, -0.25) is 4.79 Å². The third kappa shape index (κ3) is 3.53. The molecule has 5 heteroatoms. The summed E-state index contributed by atoms with van der Waals surface area (Å²) in [4.78, 5) is 13.6. The number of benzene rings is 1. The summed E-state index contributed by atoms with van der Waals surface area (Å²) in [5.74, 6) is -0.504. The first-order chi connectivity index (χ1) is 9.96. The third-order valence-corrected chi connectivity index (χ3v) is 4.49. The van der Waals surface area contributed by atoms with Gasteiger partial charge in [-0.05, 0) is 57.4 Å². The van der Waals surface area contributed by atoms with Gasteiger partial charge in [0.1, 0.15) is 5.82 Å². The summed E-state index contributed by atoms with van der Waals surface area (Å²) in [6.07, 6.45) is 3.55. The Balaban J connectivity index is 1.84. The number of rotatable bonds is 7. The Labute approximate surface area is 125 Å².